The summed E-state index contributed by atoms with van der Waals surface area (Å²) in [7, 11) is 0. The van der Waals surface area contributed by atoms with Crippen molar-refractivity contribution in [2.24, 2.45) is 0 Å². The van der Waals surface area contributed by atoms with Crippen LogP contribution >= 0.6 is 15.9 Å². The van der Waals surface area contributed by atoms with Crippen molar-refractivity contribution in [3.05, 3.63) is 27.6 Å². The van der Waals surface area contributed by atoms with Gasteiger partial charge in [0, 0.05) is 0 Å². The van der Waals surface area contributed by atoms with E-state index < -0.39 is 28.3 Å². The Morgan fingerprint density at radius 2 is 2.27 bits per heavy atom. The Balaban J connectivity index is 3.51. The van der Waals surface area contributed by atoms with Gasteiger partial charge in [0.2, 0.25) is 0 Å². The van der Waals surface area contributed by atoms with Gasteiger partial charge in [0.1, 0.15) is 17.0 Å². The van der Waals surface area contributed by atoms with Crippen molar-refractivity contribution in [2.75, 3.05) is 0 Å². The maximum atomic E-state index is 12.5. The fourth-order valence-corrected chi connectivity index (χ4v) is 1.47. The number of nitro groups is 1. The van der Waals surface area contributed by atoms with E-state index in [1.807, 2.05) is 0 Å². The Morgan fingerprint density at radius 1 is 1.67 bits per heavy atom. The molecule has 0 aliphatic rings. The average molecular weight is 283 g/mol. The minimum Gasteiger partial charge on any atom is -0.506 e. The molecular formula is C7H5BrF2N2O3. The van der Waals surface area contributed by atoms with Gasteiger partial charge in [-0.15, -0.1) is 0 Å². The molecule has 15 heavy (non-hydrogen) atoms. The zero-order valence-electron chi connectivity index (χ0n) is 7.15. The van der Waals surface area contributed by atoms with E-state index in [2.05, 4.69) is 20.9 Å². The van der Waals surface area contributed by atoms with E-state index >= 15 is 0 Å². The molecule has 0 aromatic carbocycles. The lowest BCUT2D eigenvalue weighted by molar-refractivity contribution is -0.387. The number of aromatic nitrogens is 1. The second-order valence-electron chi connectivity index (χ2n) is 2.54. The normalized spacial score (nSPS) is 10.7. The van der Waals surface area contributed by atoms with E-state index in [9.17, 15) is 18.9 Å². The quantitative estimate of drug-likeness (QED) is 0.525. The third kappa shape index (κ3) is 2.20. The highest BCUT2D eigenvalue weighted by Gasteiger charge is 2.29. The first-order chi connectivity index (χ1) is 6.99. The summed E-state index contributed by atoms with van der Waals surface area (Å²) in [4.78, 5) is 13.1. The van der Waals surface area contributed by atoms with Crippen molar-refractivity contribution >= 4 is 21.6 Å². The standard InChI is InChI=1S/C7H5BrF2N2O3/c8-1-3-6(12(14)15)5(7(9)10)4(13)2-11-3/h2,7,13H,1H2. The highest BCUT2D eigenvalue weighted by Crippen LogP contribution is 2.37. The number of halogens is 3. The molecule has 1 rings (SSSR count). The number of alkyl halides is 3. The van der Waals surface area contributed by atoms with Gasteiger partial charge >= 0.3 is 5.69 Å². The van der Waals surface area contributed by atoms with Crippen molar-refractivity contribution in [2.45, 2.75) is 11.8 Å². The van der Waals surface area contributed by atoms with Crippen molar-refractivity contribution in [3.63, 3.8) is 0 Å². The molecule has 5 nitrogen and oxygen atoms in total. The van der Waals surface area contributed by atoms with Gasteiger partial charge in [0.25, 0.3) is 6.43 Å². The van der Waals surface area contributed by atoms with Gasteiger partial charge < -0.3 is 5.11 Å². The SMILES string of the molecule is O=[N+]([O-])c1c(CBr)ncc(O)c1C(F)F. The molecule has 0 saturated carbocycles. The minimum atomic E-state index is -3.12. The molecule has 1 N–H and O–H groups in total. The zero-order valence-corrected chi connectivity index (χ0v) is 8.74. The lowest BCUT2D eigenvalue weighted by Crippen LogP contribution is -2.02. The van der Waals surface area contributed by atoms with Gasteiger partial charge in [0.15, 0.2) is 0 Å². The molecule has 82 valence electrons. The maximum Gasteiger partial charge on any atom is 0.304 e. The Bertz CT molecular complexity index is 400. The van der Waals surface area contributed by atoms with Crippen LogP contribution < -0.4 is 0 Å². The lowest BCUT2D eigenvalue weighted by Gasteiger charge is -2.06. The first kappa shape index (κ1) is 11.8. The largest absolute Gasteiger partial charge is 0.506 e. The first-order valence-electron chi connectivity index (χ1n) is 3.68. The molecule has 0 fully saturated rings. The highest BCUT2D eigenvalue weighted by molar-refractivity contribution is 9.08. The van der Waals surface area contributed by atoms with Gasteiger partial charge in [-0.3, -0.25) is 10.1 Å². The van der Waals surface area contributed by atoms with Crippen LogP contribution in [0.1, 0.15) is 17.7 Å². The van der Waals surface area contributed by atoms with E-state index in [0.717, 1.165) is 6.20 Å². The summed E-state index contributed by atoms with van der Waals surface area (Å²) in [5.41, 5.74) is -1.99. The van der Waals surface area contributed by atoms with Crippen LogP contribution in [0.5, 0.6) is 5.75 Å². The number of pyridine rings is 1. The van der Waals surface area contributed by atoms with Gasteiger partial charge in [-0.05, 0) is 0 Å². The van der Waals surface area contributed by atoms with Crippen molar-refractivity contribution in [1.82, 2.24) is 4.98 Å². The predicted octanol–water partition coefficient (Wildman–Crippen LogP) is 2.53. The molecule has 0 aliphatic heterocycles. The van der Waals surface area contributed by atoms with Crippen LogP contribution in [-0.4, -0.2) is 15.0 Å². The van der Waals surface area contributed by atoms with E-state index in [-0.39, 0.29) is 11.0 Å². The van der Waals surface area contributed by atoms with Crippen LogP contribution in [0.3, 0.4) is 0 Å². The number of hydrogen-bond acceptors (Lipinski definition) is 4. The zero-order chi connectivity index (χ0) is 11.6. The summed E-state index contributed by atoms with van der Waals surface area (Å²) in [5, 5.41) is 19.6. The number of rotatable bonds is 3. The van der Waals surface area contributed by atoms with E-state index in [1.165, 1.54) is 0 Å². The molecule has 1 heterocycles. The van der Waals surface area contributed by atoms with Crippen LogP contribution in [0.25, 0.3) is 0 Å². The van der Waals surface area contributed by atoms with Gasteiger partial charge in [-0.1, -0.05) is 15.9 Å². The van der Waals surface area contributed by atoms with Gasteiger partial charge in [-0.2, -0.15) is 0 Å². The van der Waals surface area contributed by atoms with Crippen molar-refractivity contribution < 1.29 is 18.8 Å². The molecule has 0 unspecified atom stereocenters. The number of nitrogens with zero attached hydrogens (tertiary/aromatic N) is 2. The molecule has 0 amide bonds. The molecule has 0 atom stereocenters. The van der Waals surface area contributed by atoms with Crippen LogP contribution in [0, 0.1) is 10.1 Å². The summed E-state index contributed by atoms with van der Waals surface area (Å²) >= 11 is 2.89. The second kappa shape index (κ2) is 4.47. The Kier molecular flexibility index (Phi) is 3.51. The lowest BCUT2D eigenvalue weighted by atomic mass is 10.1. The first-order valence-corrected chi connectivity index (χ1v) is 4.80. The Hall–Kier alpha value is -1.31. The monoisotopic (exact) mass is 282 g/mol. The molecule has 1 aromatic heterocycles. The summed E-state index contributed by atoms with van der Waals surface area (Å²) in [6.07, 6.45) is -2.35. The van der Waals surface area contributed by atoms with Crippen LogP contribution in [0.2, 0.25) is 0 Å². The predicted molar refractivity (Wildman–Crippen MR) is 50.1 cm³/mol. The van der Waals surface area contributed by atoms with E-state index in [1.54, 1.807) is 0 Å². The summed E-state index contributed by atoms with van der Waals surface area (Å²) in [5.74, 6) is -0.874. The molecule has 0 aliphatic carbocycles. The minimum absolute atomic E-state index is 0.0384. The smallest absolute Gasteiger partial charge is 0.304 e. The fraction of sp³-hybridized carbons (Fsp3) is 0.286. The highest BCUT2D eigenvalue weighted by atomic mass is 79.9. The van der Waals surface area contributed by atoms with Crippen LogP contribution in [0.4, 0.5) is 14.5 Å². The van der Waals surface area contributed by atoms with Crippen molar-refractivity contribution in [1.29, 1.82) is 0 Å². The molecule has 0 radical (unpaired) electrons. The molecular weight excluding hydrogens is 278 g/mol. The third-order valence-corrected chi connectivity index (χ3v) is 2.21. The maximum absolute atomic E-state index is 12.5. The summed E-state index contributed by atoms with van der Waals surface area (Å²) < 4.78 is 24.9. The summed E-state index contributed by atoms with van der Waals surface area (Å²) in [6.45, 7) is 0. The molecule has 1 aromatic rings. The van der Waals surface area contributed by atoms with Gasteiger partial charge in [-0.25, -0.2) is 13.8 Å². The molecule has 0 spiro atoms. The van der Waals surface area contributed by atoms with Gasteiger partial charge in [0.05, 0.1) is 16.5 Å². The fourth-order valence-electron chi connectivity index (χ4n) is 1.06. The summed E-state index contributed by atoms with van der Waals surface area (Å²) in [6, 6.07) is 0. The molecule has 0 saturated heterocycles. The topological polar surface area (TPSA) is 76.3 Å². The number of aromatic hydroxyl groups is 1. The molecule has 0 bridgehead atoms. The second-order valence-corrected chi connectivity index (χ2v) is 3.10. The van der Waals surface area contributed by atoms with E-state index in [0.29, 0.717) is 0 Å². The van der Waals surface area contributed by atoms with E-state index in [4.69, 9.17) is 5.11 Å². The molecule has 8 heteroatoms. The Morgan fingerprint density at radius 3 is 2.67 bits per heavy atom. The van der Waals surface area contributed by atoms with Crippen molar-refractivity contribution in [3.8, 4) is 5.75 Å². The number of hydrogen-bond donors (Lipinski definition) is 1. The third-order valence-electron chi connectivity index (χ3n) is 1.67. The van der Waals surface area contributed by atoms with Crippen LogP contribution in [-0.2, 0) is 5.33 Å². The Labute approximate surface area is 91.0 Å². The average Bonchev–Trinajstić information content (AvgIpc) is 2.16. The van der Waals surface area contributed by atoms with Crippen LogP contribution in [0.15, 0.2) is 6.20 Å².